The Morgan fingerprint density at radius 1 is 1.11 bits per heavy atom. The molecule has 0 radical (unpaired) electrons. The van der Waals surface area contributed by atoms with E-state index in [1.165, 1.54) is 7.11 Å². The number of primary amides is 1. The van der Waals surface area contributed by atoms with Gasteiger partial charge in [-0.2, -0.15) is 5.10 Å². The van der Waals surface area contributed by atoms with Crippen LogP contribution in [0.1, 0.15) is 17.3 Å². The van der Waals surface area contributed by atoms with E-state index in [-0.39, 0.29) is 18.0 Å². The van der Waals surface area contributed by atoms with E-state index >= 15 is 0 Å². The number of nitrogens with zero attached hydrogens (tertiary/aromatic N) is 3. The lowest BCUT2D eigenvalue weighted by atomic mass is 10.1. The van der Waals surface area contributed by atoms with Crippen molar-refractivity contribution in [2.75, 3.05) is 29.5 Å². The first-order valence-corrected chi connectivity index (χ1v) is 17.1. The molecule has 2 aromatic heterocycles. The zero-order valence-electron chi connectivity index (χ0n) is 21.7. The summed E-state index contributed by atoms with van der Waals surface area (Å²) in [5, 5.41) is 7.83. The summed E-state index contributed by atoms with van der Waals surface area (Å²) in [4.78, 5) is 16.8. The number of ether oxygens (including phenoxy) is 2. The molecule has 2 heterocycles. The number of nitrogens with two attached hydrogens (primary N) is 1. The number of pyridine rings is 1. The normalized spacial score (nSPS) is 11.8. The summed E-state index contributed by atoms with van der Waals surface area (Å²) < 4.78 is 38.9. The summed E-state index contributed by atoms with van der Waals surface area (Å²) in [6.45, 7) is 9.02. The molecule has 0 unspecified atom stereocenters. The number of anilines is 3. The van der Waals surface area contributed by atoms with E-state index in [1.54, 1.807) is 54.2 Å². The first-order valence-electron chi connectivity index (χ1n) is 11.8. The maximum Gasteiger partial charge on any atom is 0.254 e. The number of hydrogen-bond donors (Lipinski definition) is 3. The van der Waals surface area contributed by atoms with Crippen molar-refractivity contribution in [3.8, 4) is 17.1 Å². The minimum Gasteiger partial charge on any atom is -0.481 e. The SMILES string of the molecule is CCS(=O)(=O)Nc1ccc(-c2nn(COCC[Si](C)(C)C)c(Nc3ccc(OC)nc3)c2C(N)=O)cc1. The van der Waals surface area contributed by atoms with Gasteiger partial charge < -0.3 is 20.5 Å². The summed E-state index contributed by atoms with van der Waals surface area (Å²) in [7, 11) is -3.19. The predicted octanol–water partition coefficient (Wildman–Crippen LogP) is 3.87. The summed E-state index contributed by atoms with van der Waals surface area (Å²) in [6.07, 6.45) is 1.57. The summed E-state index contributed by atoms with van der Waals surface area (Å²) >= 11 is 0. The van der Waals surface area contributed by atoms with Crippen molar-refractivity contribution in [2.24, 2.45) is 5.73 Å². The van der Waals surface area contributed by atoms with Crippen LogP contribution in [0.4, 0.5) is 17.2 Å². The van der Waals surface area contributed by atoms with E-state index in [9.17, 15) is 13.2 Å². The monoisotopic (exact) mass is 546 g/mol. The average Bonchev–Trinajstić information content (AvgIpc) is 3.20. The number of nitrogens with one attached hydrogen (secondary N) is 2. The van der Waals surface area contributed by atoms with Crippen molar-refractivity contribution < 1.29 is 22.7 Å². The van der Waals surface area contributed by atoms with Crippen LogP contribution in [0.3, 0.4) is 0 Å². The van der Waals surface area contributed by atoms with Gasteiger partial charge in [0.25, 0.3) is 5.91 Å². The van der Waals surface area contributed by atoms with Gasteiger partial charge in [0.1, 0.15) is 23.8 Å². The molecular formula is C24H34N6O5SSi. The van der Waals surface area contributed by atoms with Crippen LogP contribution in [-0.4, -0.2) is 56.6 Å². The quantitative estimate of drug-likeness (QED) is 0.216. The second-order valence-electron chi connectivity index (χ2n) is 9.58. The van der Waals surface area contributed by atoms with Crippen LogP contribution in [0.5, 0.6) is 5.88 Å². The van der Waals surface area contributed by atoms with Crippen LogP contribution in [0.25, 0.3) is 11.3 Å². The smallest absolute Gasteiger partial charge is 0.254 e. The number of amides is 1. The van der Waals surface area contributed by atoms with Gasteiger partial charge in [-0.25, -0.2) is 18.1 Å². The lowest BCUT2D eigenvalue weighted by Gasteiger charge is -2.16. The van der Waals surface area contributed by atoms with Crippen LogP contribution >= 0.6 is 0 Å². The highest BCUT2D eigenvalue weighted by Crippen LogP contribution is 2.32. The van der Waals surface area contributed by atoms with Crippen LogP contribution in [0, 0.1) is 0 Å². The number of methoxy groups -OCH3 is 1. The Morgan fingerprint density at radius 2 is 1.78 bits per heavy atom. The Hall–Kier alpha value is -3.42. The van der Waals surface area contributed by atoms with Crippen LogP contribution < -0.4 is 20.5 Å². The van der Waals surface area contributed by atoms with Gasteiger partial charge >= 0.3 is 0 Å². The molecule has 0 aliphatic heterocycles. The van der Waals surface area contributed by atoms with Gasteiger partial charge in [-0.15, -0.1) is 0 Å². The predicted molar refractivity (Wildman–Crippen MR) is 147 cm³/mol. The van der Waals surface area contributed by atoms with E-state index in [0.717, 1.165) is 6.04 Å². The van der Waals surface area contributed by atoms with Crippen LogP contribution in [0.2, 0.25) is 25.7 Å². The third-order valence-corrected chi connectivity index (χ3v) is 8.44. The molecule has 3 aromatic rings. The molecule has 0 atom stereocenters. The van der Waals surface area contributed by atoms with Gasteiger partial charge in [0.2, 0.25) is 15.9 Å². The Balaban J connectivity index is 1.99. The van der Waals surface area contributed by atoms with E-state index in [0.29, 0.717) is 40.9 Å². The maximum absolute atomic E-state index is 12.6. The van der Waals surface area contributed by atoms with Gasteiger partial charge in [-0.05, 0) is 31.2 Å². The number of sulfonamides is 1. The lowest BCUT2D eigenvalue weighted by Crippen LogP contribution is -2.22. The van der Waals surface area contributed by atoms with Crippen molar-refractivity contribution >= 4 is 41.2 Å². The summed E-state index contributed by atoms with van der Waals surface area (Å²) in [5.41, 5.74) is 7.92. The van der Waals surface area contributed by atoms with Crippen LogP contribution in [0.15, 0.2) is 42.6 Å². The molecule has 1 aromatic carbocycles. The topological polar surface area (TPSA) is 150 Å². The van der Waals surface area contributed by atoms with Crippen molar-refractivity contribution in [2.45, 2.75) is 39.3 Å². The van der Waals surface area contributed by atoms with E-state index in [1.807, 2.05) is 0 Å². The molecule has 0 saturated carbocycles. The molecule has 1 amide bonds. The van der Waals surface area contributed by atoms with Crippen molar-refractivity contribution in [1.29, 1.82) is 0 Å². The summed E-state index contributed by atoms with van der Waals surface area (Å²) in [6, 6.07) is 11.0. The standard InChI is InChI=1S/C24H34N6O5SSi/c1-6-36(32,33)29-18-9-7-17(8-10-18)22-21(23(25)31)24(27-19-11-12-20(34-2)26-15-19)30(28-22)16-35-13-14-37(3,4)5/h7-12,15,27,29H,6,13-14,16H2,1-5H3,(H2,25,31). The number of aromatic nitrogens is 3. The number of benzene rings is 1. The molecule has 200 valence electrons. The molecule has 0 aliphatic rings. The zero-order valence-corrected chi connectivity index (χ0v) is 23.6. The second-order valence-corrected chi connectivity index (χ2v) is 17.2. The Kier molecular flexibility index (Phi) is 8.94. The Morgan fingerprint density at radius 3 is 2.32 bits per heavy atom. The molecule has 0 spiro atoms. The molecule has 11 nitrogen and oxygen atoms in total. The minimum absolute atomic E-state index is 0.0437. The largest absolute Gasteiger partial charge is 0.481 e. The minimum atomic E-state index is -3.42. The average molecular weight is 547 g/mol. The number of carbonyl (C=O) groups excluding carboxylic acids is 1. The molecule has 0 bridgehead atoms. The van der Waals surface area contributed by atoms with Crippen molar-refractivity contribution in [3.63, 3.8) is 0 Å². The summed E-state index contributed by atoms with van der Waals surface area (Å²) in [5.74, 6) is 0.0856. The molecule has 0 fully saturated rings. The molecule has 13 heteroatoms. The number of rotatable bonds is 13. The number of carbonyl (C=O) groups is 1. The molecule has 3 rings (SSSR count). The number of hydrogen-bond acceptors (Lipinski definition) is 8. The van der Waals surface area contributed by atoms with E-state index < -0.39 is 24.0 Å². The second kappa shape index (κ2) is 11.8. The van der Waals surface area contributed by atoms with Gasteiger partial charge in [0, 0.05) is 32.0 Å². The highest BCUT2D eigenvalue weighted by atomic mass is 32.2. The van der Waals surface area contributed by atoms with Crippen molar-refractivity contribution in [1.82, 2.24) is 14.8 Å². The molecule has 0 aliphatic carbocycles. The molecule has 37 heavy (non-hydrogen) atoms. The third-order valence-electron chi connectivity index (χ3n) is 5.43. The third kappa shape index (κ3) is 7.78. The highest BCUT2D eigenvalue weighted by Gasteiger charge is 2.24. The van der Waals surface area contributed by atoms with Gasteiger partial charge in [0.15, 0.2) is 0 Å². The first kappa shape index (κ1) is 28.2. The molecular weight excluding hydrogens is 512 g/mol. The fraction of sp³-hybridized carbons (Fsp3) is 0.375. The maximum atomic E-state index is 12.6. The molecule has 4 N–H and O–H groups in total. The van der Waals surface area contributed by atoms with Gasteiger partial charge in [-0.1, -0.05) is 31.8 Å². The fourth-order valence-electron chi connectivity index (χ4n) is 3.31. The zero-order chi connectivity index (χ0) is 27.2. The highest BCUT2D eigenvalue weighted by molar-refractivity contribution is 7.92. The van der Waals surface area contributed by atoms with E-state index in [2.05, 4.69) is 39.8 Å². The van der Waals surface area contributed by atoms with Gasteiger partial charge in [-0.3, -0.25) is 9.52 Å². The Labute approximate surface area is 218 Å². The van der Waals surface area contributed by atoms with Crippen molar-refractivity contribution in [3.05, 3.63) is 48.2 Å². The van der Waals surface area contributed by atoms with Gasteiger partial charge in [0.05, 0.1) is 24.7 Å². The van der Waals surface area contributed by atoms with Crippen LogP contribution in [-0.2, 0) is 21.5 Å². The lowest BCUT2D eigenvalue weighted by molar-refractivity contribution is 0.0802. The fourth-order valence-corrected chi connectivity index (χ4v) is 4.70. The Bertz CT molecular complexity index is 1320. The molecule has 0 saturated heterocycles. The van der Waals surface area contributed by atoms with E-state index in [4.69, 9.17) is 15.2 Å². The first-order chi connectivity index (χ1) is 17.4.